The SMILES string of the molecule is CCN(C(C)CC(=O)O)C(C)c1ccc(F)cn1. The largest absolute Gasteiger partial charge is 0.481 e. The molecule has 0 saturated carbocycles. The summed E-state index contributed by atoms with van der Waals surface area (Å²) in [5.41, 5.74) is 0.746. The van der Waals surface area contributed by atoms with Crippen molar-refractivity contribution in [1.82, 2.24) is 9.88 Å². The van der Waals surface area contributed by atoms with Crippen molar-refractivity contribution in [1.29, 1.82) is 0 Å². The Morgan fingerprint density at radius 3 is 2.61 bits per heavy atom. The van der Waals surface area contributed by atoms with Crippen LogP contribution in [0, 0.1) is 5.82 Å². The molecular weight excluding hydrogens is 235 g/mol. The average molecular weight is 254 g/mol. The Hall–Kier alpha value is -1.49. The number of carboxylic acid groups (broad SMARTS) is 1. The van der Waals surface area contributed by atoms with Gasteiger partial charge in [0.1, 0.15) is 5.82 Å². The van der Waals surface area contributed by atoms with E-state index in [9.17, 15) is 9.18 Å². The van der Waals surface area contributed by atoms with E-state index in [1.54, 1.807) is 6.07 Å². The summed E-state index contributed by atoms with van der Waals surface area (Å²) < 4.78 is 12.8. The lowest BCUT2D eigenvalue weighted by Gasteiger charge is -2.32. The lowest BCUT2D eigenvalue weighted by Crippen LogP contribution is -2.37. The van der Waals surface area contributed by atoms with Gasteiger partial charge in [-0.25, -0.2) is 4.39 Å². The Morgan fingerprint density at radius 1 is 1.50 bits per heavy atom. The number of pyridine rings is 1. The summed E-state index contributed by atoms with van der Waals surface area (Å²) in [6.45, 7) is 6.51. The summed E-state index contributed by atoms with van der Waals surface area (Å²) in [7, 11) is 0. The third-order valence-electron chi connectivity index (χ3n) is 3.08. The van der Waals surface area contributed by atoms with Crippen molar-refractivity contribution in [2.45, 2.75) is 39.3 Å². The minimum absolute atomic E-state index is 0.0371. The second-order valence-electron chi connectivity index (χ2n) is 4.35. The number of carbonyl (C=O) groups is 1. The number of aliphatic carboxylic acids is 1. The Morgan fingerprint density at radius 2 is 2.17 bits per heavy atom. The van der Waals surface area contributed by atoms with Gasteiger partial charge in [-0.15, -0.1) is 0 Å². The highest BCUT2D eigenvalue weighted by atomic mass is 19.1. The quantitative estimate of drug-likeness (QED) is 0.847. The third-order valence-corrected chi connectivity index (χ3v) is 3.08. The van der Waals surface area contributed by atoms with Crippen LogP contribution >= 0.6 is 0 Å². The van der Waals surface area contributed by atoms with E-state index < -0.39 is 5.97 Å². The number of rotatable bonds is 6. The van der Waals surface area contributed by atoms with Gasteiger partial charge in [-0.2, -0.15) is 0 Å². The molecule has 1 aromatic heterocycles. The van der Waals surface area contributed by atoms with E-state index in [4.69, 9.17) is 5.11 Å². The molecule has 5 heteroatoms. The Labute approximate surface area is 106 Å². The normalized spacial score (nSPS) is 14.5. The Balaban J connectivity index is 2.81. The zero-order chi connectivity index (χ0) is 13.7. The van der Waals surface area contributed by atoms with Crippen LogP contribution in [0.1, 0.15) is 38.9 Å². The summed E-state index contributed by atoms with van der Waals surface area (Å²) in [6, 6.07) is 2.88. The highest BCUT2D eigenvalue weighted by Gasteiger charge is 2.22. The second kappa shape index (κ2) is 6.44. The van der Waals surface area contributed by atoms with Gasteiger partial charge in [0.05, 0.1) is 18.3 Å². The van der Waals surface area contributed by atoms with Gasteiger partial charge < -0.3 is 5.11 Å². The molecule has 0 aliphatic heterocycles. The number of halogens is 1. The molecule has 0 fully saturated rings. The van der Waals surface area contributed by atoms with E-state index in [2.05, 4.69) is 4.98 Å². The molecule has 100 valence electrons. The van der Waals surface area contributed by atoms with Gasteiger partial charge in [-0.05, 0) is 32.5 Å². The Bertz CT molecular complexity index is 394. The van der Waals surface area contributed by atoms with Crippen LogP contribution in [0.4, 0.5) is 4.39 Å². The van der Waals surface area contributed by atoms with Crippen LogP contribution in [-0.2, 0) is 4.79 Å². The van der Waals surface area contributed by atoms with Crippen molar-refractivity contribution < 1.29 is 14.3 Å². The van der Waals surface area contributed by atoms with Gasteiger partial charge in [0, 0.05) is 12.1 Å². The van der Waals surface area contributed by atoms with Crippen LogP contribution in [0.15, 0.2) is 18.3 Å². The van der Waals surface area contributed by atoms with Gasteiger partial charge in [0.15, 0.2) is 0 Å². The molecule has 0 spiro atoms. The van der Waals surface area contributed by atoms with Crippen LogP contribution in [0.2, 0.25) is 0 Å². The fraction of sp³-hybridized carbons (Fsp3) is 0.538. The van der Waals surface area contributed by atoms with Crippen molar-refractivity contribution in [3.63, 3.8) is 0 Å². The topological polar surface area (TPSA) is 53.4 Å². The molecule has 18 heavy (non-hydrogen) atoms. The van der Waals surface area contributed by atoms with E-state index in [1.165, 1.54) is 12.3 Å². The van der Waals surface area contributed by atoms with Gasteiger partial charge in [-0.1, -0.05) is 6.92 Å². The molecule has 0 aliphatic rings. The maximum Gasteiger partial charge on any atom is 0.304 e. The second-order valence-corrected chi connectivity index (χ2v) is 4.35. The predicted octanol–water partition coefficient (Wildman–Crippen LogP) is 2.47. The first-order valence-corrected chi connectivity index (χ1v) is 6.04. The summed E-state index contributed by atoms with van der Waals surface area (Å²) in [6.07, 6.45) is 1.26. The monoisotopic (exact) mass is 254 g/mol. The van der Waals surface area contributed by atoms with Crippen LogP contribution in [0.25, 0.3) is 0 Å². The maximum absolute atomic E-state index is 12.8. The zero-order valence-electron chi connectivity index (χ0n) is 10.9. The van der Waals surface area contributed by atoms with Crippen molar-refractivity contribution in [2.75, 3.05) is 6.54 Å². The molecule has 0 aliphatic carbocycles. The van der Waals surface area contributed by atoms with Crippen LogP contribution in [0.3, 0.4) is 0 Å². The first kappa shape index (κ1) is 14.6. The van der Waals surface area contributed by atoms with Gasteiger partial charge >= 0.3 is 5.97 Å². The van der Waals surface area contributed by atoms with Gasteiger partial charge in [0.2, 0.25) is 0 Å². The first-order valence-electron chi connectivity index (χ1n) is 6.04. The summed E-state index contributed by atoms with van der Waals surface area (Å²) in [5, 5.41) is 8.83. The van der Waals surface area contributed by atoms with E-state index in [1.807, 2.05) is 25.7 Å². The molecule has 4 nitrogen and oxygen atoms in total. The van der Waals surface area contributed by atoms with Crippen LogP contribution < -0.4 is 0 Å². The zero-order valence-corrected chi connectivity index (χ0v) is 10.9. The number of aromatic nitrogens is 1. The first-order chi connectivity index (χ1) is 8.45. The van der Waals surface area contributed by atoms with Gasteiger partial charge in [0.25, 0.3) is 0 Å². The van der Waals surface area contributed by atoms with Crippen molar-refractivity contribution in [3.8, 4) is 0 Å². The highest BCUT2D eigenvalue weighted by molar-refractivity contribution is 5.67. The molecule has 1 N–H and O–H groups in total. The van der Waals surface area contributed by atoms with Crippen molar-refractivity contribution in [3.05, 3.63) is 29.8 Å². The number of nitrogens with zero attached hydrogens (tertiary/aromatic N) is 2. The summed E-state index contributed by atoms with van der Waals surface area (Å²) in [5.74, 6) is -1.19. The molecule has 1 rings (SSSR count). The third kappa shape index (κ3) is 3.77. The molecule has 1 aromatic rings. The maximum atomic E-state index is 12.8. The number of hydrogen-bond donors (Lipinski definition) is 1. The van der Waals surface area contributed by atoms with Crippen LogP contribution in [0.5, 0.6) is 0 Å². The molecule has 2 atom stereocenters. The molecule has 0 amide bonds. The minimum atomic E-state index is -0.819. The number of carboxylic acids is 1. The Kier molecular flexibility index (Phi) is 5.22. The molecule has 1 heterocycles. The molecular formula is C13H19FN2O2. The predicted molar refractivity (Wildman–Crippen MR) is 66.7 cm³/mol. The molecule has 0 bridgehead atoms. The van der Waals surface area contributed by atoms with Crippen LogP contribution in [-0.4, -0.2) is 33.5 Å². The summed E-state index contributed by atoms with van der Waals surface area (Å²) >= 11 is 0. The van der Waals surface area contributed by atoms with E-state index in [0.717, 1.165) is 5.69 Å². The fourth-order valence-corrected chi connectivity index (χ4v) is 2.14. The molecule has 0 aromatic carbocycles. The van der Waals surface area contributed by atoms with E-state index in [-0.39, 0.29) is 24.3 Å². The van der Waals surface area contributed by atoms with Crippen molar-refractivity contribution >= 4 is 5.97 Å². The molecule has 0 radical (unpaired) electrons. The average Bonchev–Trinajstić information content (AvgIpc) is 2.29. The molecule has 0 saturated heterocycles. The highest BCUT2D eigenvalue weighted by Crippen LogP contribution is 2.21. The van der Waals surface area contributed by atoms with E-state index in [0.29, 0.717) is 6.54 Å². The lowest BCUT2D eigenvalue weighted by atomic mass is 10.1. The van der Waals surface area contributed by atoms with Gasteiger partial charge in [-0.3, -0.25) is 14.7 Å². The standard InChI is InChI=1S/C13H19FN2O2/c1-4-16(9(2)7-13(17)18)10(3)12-6-5-11(14)8-15-12/h5-6,8-10H,4,7H2,1-3H3,(H,17,18). The molecule has 2 unspecified atom stereocenters. The summed E-state index contributed by atoms with van der Waals surface area (Å²) in [4.78, 5) is 16.8. The smallest absolute Gasteiger partial charge is 0.304 e. The van der Waals surface area contributed by atoms with Crippen molar-refractivity contribution in [2.24, 2.45) is 0 Å². The minimum Gasteiger partial charge on any atom is -0.481 e. The number of hydrogen-bond acceptors (Lipinski definition) is 3. The van der Waals surface area contributed by atoms with E-state index >= 15 is 0 Å². The fourth-order valence-electron chi connectivity index (χ4n) is 2.14. The lowest BCUT2D eigenvalue weighted by molar-refractivity contribution is -0.138.